The fourth-order valence-electron chi connectivity index (χ4n) is 2.07. The number of hydrogen-bond donors (Lipinski definition) is 0. The zero-order valence-electron chi connectivity index (χ0n) is 9.28. The molecular formula is C13H20O2. The van der Waals surface area contributed by atoms with Crippen LogP contribution in [0.1, 0.15) is 44.9 Å². The predicted octanol–water partition coefficient (Wildman–Crippen LogP) is 3.08. The summed E-state index contributed by atoms with van der Waals surface area (Å²) in [7, 11) is 0. The van der Waals surface area contributed by atoms with Crippen molar-refractivity contribution in [1.29, 1.82) is 0 Å². The fraction of sp³-hybridized carbons (Fsp3) is 0.769. The van der Waals surface area contributed by atoms with Crippen LogP contribution in [0.2, 0.25) is 0 Å². The van der Waals surface area contributed by atoms with Crippen LogP contribution in [0.15, 0.2) is 12.2 Å². The summed E-state index contributed by atoms with van der Waals surface area (Å²) in [5.41, 5.74) is 0. The first kappa shape index (κ1) is 10.7. The molecule has 0 bridgehead atoms. The molecule has 0 heterocycles. The second-order valence-electron chi connectivity index (χ2n) is 4.83. The van der Waals surface area contributed by atoms with E-state index in [0.717, 1.165) is 0 Å². The van der Waals surface area contributed by atoms with Gasteiger partial charge in [0.2, 0.25) is 0 Å². The molecular weight excluding hydrogens is 188 g/mol. The van der Waals surface area contributed by atoms with Gasteiger partial charge in [-0.3, -0.25) is 0 Å². The number of carbonyl (C=O) groups is 1. The highest BCUT2D eigenvalue weighted by Crippen LogP contribution is 2.29. The van der Waals surface area contributed by atoms with Crippen LogP contribution in [0.5, 0.6) is 0 Å². The lowest BCUT2D eigenvalue weighted by molar-refractivity contribution is -0.138. The fourth-order valence-corrected chi connectivity index (χ4v) is 2.07. The molecule has 2 heteroatoms. The van der Waals surface area contributed by atoms with Gasteiger partial charge in [0.25, 0.3) is 0 Å². The molecule has 84 valence electrons. The number of hydrogen-bond acceptors (Lipinski definition) is 2. The van der Waals surface area contributed by atoms with E-state index in [-0.39, 0.29) is 5.97 Å². The van der Waals surface area contributed by atoms with Crippen molar-refractivity contribution in [3.05, 3.63) is 12.2 Å². The standard InChI is InChI=1S/C13H20O2/c14-13(15-10-12-6-7-12)9-8-11-4-2-1-3-5-11/h8-9,11-12H,1-7,10H2. The maximum atomic E-state index is 11.3. The largest absolute Gasteiger partial charge is 0.462 e. The third-order valence-corrected chi connectivity index (χ3v) is 3.31. The van der Waals surface area contributed by atoms with Gasteiger partial charge in [-0.1, -0.05) is 25.3 Å². The Morgan fingerprint density at radius 2 is 1.87 bits per heavy atom. The van der Waals surface area contributed by atoms with Crippen molar-refractivity contribution in [3.8, 4) is 0 Å². The number of rotatable bonds is 4. The van der Waals surface area contributed by atoms with Crippen LogP contribution in [0.25, 0.3) is 0 Å². The highest BCUT2D eigenvalue weighted by atomic mass is 16.5. The van der Waals surface area contributed by atoms with Crippen LogP contribution < -0.4 is 0 Å². The summed E-state index contributed by atoms with van der Waals surface area (Å²) in [5.74, 6) is 1.14. The quantitative estimate of drug-likeness (QED) is 0.524. The van der Waals surface area contributed by atoms with E-state index in [1.54, 1.807) is 6.08 Å². The topological polar surface area (TPSA) is 26.3 Å². The minimum absolute atomic E-state index is 0.146. The molecule has 2 nitrogen and oxygen atoms in total. The minimum atomic E-state index is -0.146. The first-order valence-electron chi connectivity index (χ1n) is 6.19. The number of esters is 1. The molecule has 0 saturated heterocycles. The first-order valence-corrected chi connectivity index (χ1v) is 6.19. The Balaban J connectivity index is 1.64. The normalized spacial score (nSPS) is 23.2. The van der Waals surface area contributed by atoms with E-state index in [1.165, 1.54) is 44.9 Å². The molecule has 0 radical (unpaired) electrons. The van der Waals surface area contributed by atoms with E-state index in [2.05, 4.69) is 0 Å². The number of ether oxygens (including phenoxy) is 1. The Labute approximate surface area is 91.7 Å². The van der Waals surface area contributed by atoms with Gasteiger partial charge in [0, 0.05) is 6.08 Å². The van der Waals surface area contributed by atoms with E-state index in [4.69, 9.17) is 4.74 Å². The SMILES string of the molecule is O=C(C=CC1CCCCC1)OCC1CC1. The lowest BCUT2D eigenvalue weighted by Crippen LogP contribution is -2.06. The van der Waals surface area contributed by atoms with Crippen molar-refractivity contribution in [2.75, 3.05) is 6.61 Å². The highest BCUT2D eigenvalue weighted by molar-refractivity contribution is 5.81. The summed E-state index contributed by atoms with van der Waals surface area (Å²) < 4.78 is 5.13. The Morgan fingerprint density at radius 1 is 1.13 bits per heavy atom. The number of allylic oxidation sites excluding steroid dienone is 1. The van der Waals surface area contributed by atoms with Gasteiger partial charge in [-0.2, -0.15) is 0 Å². The van der Waals surface area contributed by atoms with Crippen LogP contribution >= 0.6 is 0 Å². The monoisotopic (exact) mass is 208 g/mol. The molecule has 0 spiro atoms. The van der Waals surface area contributed by atoms with Crippen molar-refractivity contribution in [2.45, 2.75) is 44.9 Å². The summed E-state index contributed by atoms with van der Waals surface area (Å²) in [6.07, 6.45) is 12.6. The molecule has 2 saturated carbocycles. The molecule has 0 amide bonds. The molecule has 2 fully saturated rings. The van der Waals surface area contributed by atoms with Gasteiger partial charge < -0.3 is 4.74 Å². The molecule has 2 aliphatic rings. The summed E-state index contributed by atoms with van der Waals surface area (Å²) in [6, 6.07) is 0. The molecule has 2 aliphatic carbocycles. The van der Waals surface area contributed by atoms with Crippen LogP contribution in [0.4, 0.5) is 0 Å². The lowest BCUT2D eigenvalue weighted by atomic mass is 9.89. The molecule has 0 N–H and O–H groups in total. The summed E-state index contributed by atoms with van der Waals surface area (Å²) >= 11 is 0. The zero-order valence-corrected chi connectivity index (χ0v) is 9.28. The van der Waals surface area contributed by atoms with Crippen molar-refractivity contribution in [2.24, 2.45) is 11.8 Å². The van der Waals surface area contributed by atoms with E-state index in [1.807, 2.05) is 6.08 Å². The Kier molecular flexibility index (Phi) is 3.81. The molecule has 0 aromatic carbocycles. The smallest absolute Gasteiger partial charge is 0.330 e. The maximum absolute atomic E-state index is 11.3. The van der Waals surface area contributed by atoms with Gasteiger partial charge in [-0.05, 0) is 37.5 Å². The van der Waals surface area contributed by atoms with Gasteiger partial charge >= 0.3 is 5.97 Å². The molecule has 0 aromatic rings. The van der Waals surface area contributed by atoms with Gasteiger partial charge in [0.1, 0.15) is 0 Å². The molecule has 0 aromatic heterocycles. The van der Waals surface area contributed by atoms with Gasteiger partial charge in [0.15, 0.2) is 0 Å². The van der Waals surface area contributed by atoms with Crippen molar-refractivity contribution >= 4 is 5.97 Å². The Hall–Kier alpha value is -0.790. The van der Waals surface area contributed by atoms with Gasteiger partial charge in [-0.25, -0.2) is 4.79 Å². The Bertz CT molecular complexity index is 235. The van der Waals surface area contributed by atoms with Crippen LogP contribution in [0, 0.1) is 11.8 Å². The van der Waals surface area contributed by atoms with Gasteiger partial charge in [-0.15, -0.1) is 0 Å². The predicted molar refractivity (Wildman–Crippen MR) is 59.4 cm³/mol. The second-order valence-corrected chi connectivity index (χ2v) is 4.83. The zero-order chi connectivity index (χ0) is 10.5. The minimum Gasteiger partial charge on any atom is -0.462 e. The van der Waals surface area contributed by atoms with Gasteiger partial charge in [0.05, 0.1) is 6.61 Å². The van der Waals surface area contributed by atoms with E-state index < -0.39 is 0 Å². The van der Waals surface area contributed by atoms with Crippen molar-refractivity contribution in [1.82, 2.24) is 0 Å². The maximum Gasteiger partial charge on any atom is 0.330 e. The Morgan fingerprint density at radius 3 is 2.53 bits per heavy atom. The average Bonchev–Trinajstić information content (AvgIpc) is 3.09. The van der Waals surface area contributed by atoms with Crippen molar-refractivity contribution in [3.63, 3.8) is 0 Å². The van der Waals surface area contributed by atoms with E-state index in [0.29, 0.717) is 18.4 Å². The summed E-state index contributed by atoms with van der Waals surface area (Å²) in [6.45, 7) is 0.633. The lowest BCUT2D eigenvalue weighted by Gasteiger charge is -2.17. The third-order valence-electron chi connectivity index (χ3n) is 3.31. The van der Waals surface area contributed by atoms with Crippen LogP contribution in [0.3, 0.4) is 0 Å². The van der Waals surface area contributed by atoms with Crippen molar-refractivity contribution < 1.29 is 9.53 Å². The van der Waals surface area contributed by atoms with Crippen LogP contribution in [-0.4, -0.2) is 12.6 Å². The first-order chi connectivity index (χ1) is 7.34. The summed E-state index contributed by atoms with van der Waals surface area (Å²) in [5, 5.41) is 0. The third kappa shape index (κ3) is 4.06. The molecule has 2 rings (SSSR count). The number of carbonyl (C=O) groups excluding carboxylic acids is 1. The second kappa shape index (κ2) is 5.34. The van der Waals surface area contributed by atoms with E-state index in [9.17, 15) is 4.79 Å². The molecule has 0 atom stereocenters. The highest BCUT2D eigenvalue weighted by Gasteiger charge is 2.22. The average molecular weight is 208 g/mol. The molecule has 0 unspecified atom stereocenters. The van der Waals surface area contributed by atoms with Crippen LogP contribution in [-0.2, 0) is 9.53 Å². The van der Waals surface area contributed by atoms with E-state index >= 15 is 0 Å². The molecule has 0 aliphatic heterocycles. The summed E-state index contributed by atoms with van der Waals surface area (Å²) in [4.78, 5) is 11.3. The molecule has 15 heavy (non-hydrogen) atoms.